The normalized spacial score (nSPS) is 10.2. The first-order valence-electron chi connectivity index (χ1n) is 5.56. The largest absolute Gasteiger partial charge is 0.399 e. The molecule has 0 bridgehead atoms. The summed E-state index contributed by atoms with van der Waals surface area (Å²) in [5.41, 5.74) is 6.66. The Morgan fingerprint density at radius 2 is 2.29 bits per heavy atom. The van der Waals surface area contributed by atoms with Crippen LogP contribution in [0.15, 0.2) is 18.2 Å². The number of halogens is 1. The Labute approximate surface area is 106 Å². The standard InChI is InChI=1S/C12H17ClN2O2/c1-2-3-6-17-8-12(16)15-11-5-4-9(14)7-10(11)13/h4-5,7H,2-3,6,8,14H2,1H3,(H,15,16). The number of nitrogens with one attached hydrogen (secondary N) is 1. The summed E-state index contributed by atoms with van der Waals surface area (Å²) < 4.78 is 5.19. The lowest BCUT2D eigenvalue weighted by atomic mass is 10.3. The number of nitrogen functional groups attached to an aromatic ring is 1. The van der Waals surface area contributed by atoms with Gasteiger partial charge >= 0.3 is 0 Å². The summed E-state index contributed by atoms with van der Waals surface area (Å²) in [5, 5.41) is 3.09. The summed E-state index contributed by atoms with van der Waals surface area (Å²) in [6.45, 7) is 2.71. The van der Waals surface area contributed by atoms with Crippen LogP contribution in [-0.2, 0) is 9.53 Å². The van der Waals surface area contributed by atoms with Crippen LogP contribution in [0.5, 0.6) is 0 Å². The van der Waals surface area contributed by atoms with Gasteiger partial charge in [-0.1, -0.05) is 24.9 Å². The first kappa shape index (κ1) is 13.8. The van der Waals surface area contributed by atoms with E-state index in [2.05, 4.69) is 12.2 Å². The van der Waals surface area contributed by atoms with Gasteiger partial charge < -0.3 is 15.8 Å². The first-order valence-corrected chi connectivity index (χ1v) is 5.94. The van der Waals surface area contributed by atoms with Crippen molar-refractivity contribution < 1.29 is 9.53 Å². The molecular formula is C12H17ClN2O2. The van der Waals surface area contributed by atoms with E-state index in [-0.39, 0.29) is 12.5 Å². The molecule has 1 amide bonds. The smallest absolute Gasteiger partial charge is 0.250 e. The number of benzene rings is 1. The maximum atomic E-state index is 11.5. The van der Waals surface area contributed by atoms with Crippen molar-refractivity contribution in [1.82, 2.24) is 0 Å². The molecule has 3 N–H and O–H groups in total. The number of hydrogen-bond donors (Lipinski definition) is 2. The van der Waals surface area contributed by atoms with Gasteiger partial charge in [0.05, 0.1) is 10.7 Å². The van der Waals surface area contributed by atoms with Crippen LogP contribution in [0.2, 0.25) is 5.02 Å². The number of rotatable bonds is 6. The van der Waals surface area contributed by atoms with Crippen LogP contribution in [0, 0.1) is 0 Å². The van der Waals surface area contributed by atoms with E-state index in [9.17, 15) is 4.79 Å². The van der Waals surface area contributed by atoms with E-state index in [1.165, 1.54) is 0 Å². The third-order valence-corrected chi connectivity index (χ3v) is 2.46. The molecule has 94 valence electrons. The molecule has 0 spiro atoms. The van der Waals surface area contributed by atoms with Crippen LogP contribution in [0.25, 0.3) is 0 Å². The summed E-state index contributed by atoms with van der Waals surface area (Å²) in [5.74, 6) is -0.215. The van der Waals surface area contributed by atoms with Gasteiger partial charge in [-0.2, -0.15) is 0 Å². The Morgan fingerprint density at radius 3 is 2.94 bits per heavy atom. The summed E-state index contributed by atoms with van der Waals surface area (Å²) in [4.78, 5) is 11.5. The monoisotopic (exact) mass is 256 g/mol. The average molecular weight is 257 g/mol. The molecule has 1 aromatic carbocycles. The molecule has 0 atom stereocenters. The highest BCUT2D eigenvalue weighted by atomic mass is 35.5. The van der Waals surface area contributed by atoms with Crippen molar-refractivity contribution in [2.24, 2.45) is 0 Å². The number of nitrogens with two attached hydrogens (primary N) is 1. The number of carbonyl (C=O) groups excluding carboxylic acids is 1. The van der Waals surface area contributed by atoms with Gasteiger partial charge in [0.2, 0.25) is 5.91 Å². The lowest BCUT2D eigenvalue weighted by Crippen LogP contribution is -2.18. The van der Waals surface area contributed by atoms with Crippen LogP contribution in [0.3, 0.4) is 0 Å². The Morgan fingerprint density at radius 1 is 1.53 bits per heavy atom. The molecule has 0 fully saturated rings. The maximum Gasteiger partial charge on any atom is 0.250 e. The second kappa shape index (κ2) is 7.14. The second-order valence-electron chi connectivity index (χ2n) is 3.69. The van der Waals surface area contributed by atoms with Gasteiger partial charge in [0.15, 0.2) is 0 Å². The molecule has 0 radical (unpaired) electrons. The highest BCUT2D eigenvalue weighted by Gasteiger charge is 2.05. The molecule has 0 aliphatic heterocycles. The van der Waals surface area contributed by atoms with Crippen molar-refractivity contribution in [3.63, 3.8) is 0 Å². The molecule has 0 aliphatic rings. The minimum absolute atomic E-state index is 0.0424. The van der Waals surface area contributed by atoms with E-state index >= 15 is 0 Å². The summed E-state index contributed by atoms with van der Waals surface area (Å²) in [6.07, 6.45) is 2.00. The molecule has 1 rings (SSSR count). The van der Waals surface area contributed by atoms with Crippen molar-refractivity contribution in [3.05, 3.63) is 23.2 Å². The lowest BCUT2D eigenvalue weighted by Gasteiger charge is -2.08. The van der Waals surface area contributed by atoms with Crippen LogP contribution in [0.4, 0.5) is 11.4 Å². The van der Waals surface area contributed by atoms with Gasteiger partial charge in [0.25, 0.3) is 0 Å². The highest BCUT2D eigenvalue weighted by Crippen LogP contribution is 2.23. The fraction of sp³-hybridized carbons (Fsp3) is 0.417. The molecule has 0 aromatic heterocycles. The number of unbranched alkanes of at least 4 members (excludes halogenated alkanes) is 1. The SMILES string of the molecule is CCCCOCC(=O)Nc1ccc(N)cc1Cl. The molecule has 17 heavy (non-hydrogen) atoms. The van der Waals surface area contributed by atoms with Gasteiger partial charge in [-0.3, -0.25) is 4.79 Å². The van der Waals surface area contributed by atoms with Crippen LogP contribution in [-0.4, -0.2) is 19.1 Å². The van der Waals surface area contributed by atoms with Gasteiger partial charge in [-0.15, -0.1) is 0 Å². The Hall–Kier alpha value is -1.26. The summed E-state index contributed by atoms with van der Waals surface area (Å²) in [6, 6.07) is 4.94. The molecular weight excluding hydrogens is 240 g/mol. The number of amides is 1. The number of hydrogen-bond acceptors (Lipinski definition) is 3. The predicted octanol–water partition coefficient (Wildman–Crippen LogP) is 2.68. The topological polar surface area (TPSA) is 64.3 Å². The molecule has 0 unspecified atom stereocenters. The van der Waals surface area contributed by atoms with Crippen LogP contribution < -0.4 is 11.1 Å². The molecule has 5 heteroatoms. The van der Waals surface area contributed by atoms with E-state index < -0.39 is 0 Å². The zero-order valence-corrected chi connectivity index (χ0v) is 10.6. The Balaban J connectivity index is 2.40. The van der Waals surface area contributed by atoms with Gasteiger partial charge in [0.1, 0.15) is 6.61 Å². The predicted molar refractivity (Wildman–Crippen MR) is 70.2 cm³/mol. The number of anilines is 2. The Kier molecular flexibility index (Phi) is 5.80. The zero-order chi connectivity index (χ0) is 12.7. The molecule has 0 saturated heterocycles. The minimum atomic E-state index is -0.215. The lowest BCUT2D eigenvalue weighted by molar-refractivity contribution is -0.120. The fourth-order valence-corrected chi connectivity index (χ4v) is 1.47. The quantitative estimate of drug-likeness (QED) is 0.608. The number of ether oxygens (including phenoxy) is 1. The van der Waals surface area contributed by atoms with Crippen LogP contribution in [0.1, 0.15) is 19.8 Å². The molecule has 1 aromatic rings. The van der Waals surface area contributed by atoms with E-state index in [1.807, 2.05) is 0 Å². The summed E-state index contributed by atoms with van der Waals surface area (Å²) >= 11 is 5.92. The minimum Gasteiger partial charge on any atom is -0.399 e. The van der Waals surface area contributed by atoms with E-state index in [0.29, 0.717) is 23.0 Å². The third kappa shape index (κ3) is 5.06. The highest BCUT2D eigenvalue weighted by molar-refractivity contribution is 6.34. The Bertz CT molecular complexity index is 383. The third-order valence-electron chi connectivity index (χ3n) is 2.14. The van der Waals surface area contributed by atoms with Crippen molar-refractivity contribution in [3.8, 4) is 0 Å². The van der Waals surface area contributed by atoms with E-state index in [1.54, 1.807) is 18.2 Å². The van der Waals surface area contributed by atoms with E-state index in [4.69, 9.17) is 22.1 Å². The summed E-state index contributed by atoms with van der Waals surface area (Å²) in [7, 11) is 0. The molecule has 0 aliphatic carbocycles. The number of carbonyl (C=O) groups is 1. The molecule has 4 nitrogen and oxygen atoms in total. The molecule has 0 saturated carbocycles. The first-order chi connectivity index (χ1) is 8.13. The van der Waals surface area contributed by atoms with Crippen molar-refractivity contribution in [1.29, 1.82) is 0 Å². The zero-order valence-electron chi connectivity index (χ0n) is 9.83. The fourth-order valence-electron chi connectivity index (χ4n) is 1.23. The maximum absolute atomic E-state index is 11.5. The van der Waals surface area contributed by atoms with Gasteiger partial charge in [0, 0.05) is 12.3 Å². The van der Waals surface area contributed by atoms with Crippen molar-refractivity contribution >= 4 is 28.9 Å². The molecule has 0 heterocycles. The second-order valence-corrected chi connectivity index (χ2v) is 4.10. The van der Waals surface area contributed by atoms with Gasteiger partial charge in [-0.25, -0.2) is 0 Å². The van der Waals surface area contributed by atoms with E-state index in [0.717, 1.165) is 12.8 Å². The van der Waals surface area contributed by atoms with Crippen LogP contribution >= 0.6 is 11.6 Å². The van der Waals surface area contributed by atoms with Gasteiger partial charge in [-0.05, 0) is 24.6 Å². The van der Waals surface area contributed by atoms with Crippen molar-refractivity contribution in [2.75, 3.05) is 24.3 Å². The average Bonchev–Trinajstić information content (AvgIpc) is 2.28. The van der Waals surface area contributed by atoms with Crippen molar-refractivity contribution in [2.45, 2.75) is 19.8 Å².